The van der Waals surface area contributed by atoms with Crippen LogP contribution in [0.15, 0.2) is 36.5 Å². The van der Waals surface area contributed by atoms with Crippen LogP contribution in [0.5, 0.6) is 11.6 Å². The fraction of sp³-hybridized carbons (Fsp3) is 0. The number of aromatic nitrogens is 1. The number of nitrogens with two attached hydrogens (primary N) is 1. The molecule has 0 saturated heterocycles. The summed E-state index contributed by atoms with van der Waals surface area (Å²) in [4.78, 5) is 4.03. The fourth-order valence-corrected chi connectivity index (χ4v) is 1.86. The van der Waals surface area contributed by atoms with E-state index in [2.05, 4.69) is 27.6 Å². The molecule has 16 heavy (non-hydrogen) atoms. The lowest BCUT2D eigenvalue weighted by molar-refractivity contribution is 0.460. The van der Waals surface area contributed by atoms with Gasteiger partial charge in [-0.1, -0.05) is 23.7 Å². The highest BCUT2D eigenvalue weighted by atomic mass is 127. The van der Waals surface area contributed by atoms with Gasteiger partial charge in [-0.05, 0) is 40.8 Å². The van der Waals surface area contributed by atoms with E-state index in [0.29, 0.717) is 16.6 Å². The number of hydrogen-bond acceptors (Lipinski definition) is 3. The van der Waals surface area contributed by atoms with Gasteiger partial charge in [0.1, 0.15) is 10.8 Å². The number of para-hydroxylation sites is 1. The molecule has 2 N–H and O–H groups in total. The van der Waals surface area contributed by atoms with Crippen molar-refractivity contribution in [2.24, 2.45) is 0 Å². The molecular formula is C11H8ClIN2O. The molecule has 0 atom stereocenters. The molecule has 0 radical (unpaired) electrons. The molecular weight excluding hydrogens is 338 g/mol. The molecule has 0 aliphatic heterocycles. The van der Waals surface area contributed by atoms with Gasteiger partial charge < -0.3 is 10.5 Å². The van der Waals surface area contributed by atoms with E-state index in [9.17, 15) is 0 Å². The van der Waals surface area contributed by atoms with Crippen LogP contribution in [-0.2, 0) is 0 Å². The maximum Gasteiger partial charge on any atom is 0.238 e. The number of hydrogen-bond donors (Lipinski definition) is 1. The van der Waals surface area contributed by atoms with Gasteiger partial charge in [-0.2, -0.15) is 0 Å². The smallest absolute Gasteiger partial charge is 0.238 e. The van der Waals surface area contributed by atoms with Crippen LogP contribution in [0.25, 0.3) is 0 Å². The Hall–Kier alpha value is -1.01. The van der Waals surface area contributed by atoms with Gasteiger partial charge in [0.2, 0.25) is 5.88 Å². The van der Waals surface area contributed by atoms with Gasteiger partial charge >= 0.3 is 0 Å². The molecule has 3 nitrogen and oxygen atoms in total. The summed E-state index contributed by atoms with van der Waals surface area (Å²) in [7, 11) is 0. The Morgan fingerprint density at radius 1 is 1.31 bits per heavy atom. The first-order chi connectivity index (χ1) is 7.66. The molecule has 2 aromatic rings. The first kappa shape index (κ1) is 11.5. The highest BCUT2D eigenvalue weighted by Gasteiger charge is 2.07. The zero-order chi connectivity index (χ0) is 11.5. The van der Waals surface area contributed by atoms with E-state index in [4.69, 9.17) is 22.1 Å². The second kappa shape index (κ2) is 4.88. The Kier molecular flexibility index (Phi) is 3.50. The molecule has 0 aliphatic carbocycles. The van der Waals surface area contributed by atoms with Gasteiger partial charge in [-0.25, -0.2) is 4.98 Å². The van der Waals surface area contributed by atoms with E-state index < -0.39 is 0 Å². The van der Waals surface area contributed by atoms with Gasteiger partial charge in [-0.3, -0.25) is 0 Å². The molecule has 0 bridgehead atoms. The summed E-state index contributed by atoms with van der Waals surface area (Å²) in [5.41, 5.74) is 6.06. The molecule has 5 heteroatoms. The number of anilines is 1. The van der Waals surface area contributed by atoms with E-state index in [-0.39, 0.29) is 0 Å². The van der Waals surface area contributed by atoms with Crippen molar-refractivity contribution in [3.05, 3.63) is 45.1 Å². The summed E-state index contributed by atoms with van der Waals surface area (Å²) in [6, 6.07) is 9.24. The lowest BCUT2D eigenvalue weighted by Gasteiger charge is -2.08. The highest BCUT2D eigenvalue weighted by molar-refractivity contribution is 14.1. The Morgan fingerprint density at radius 3 is 2.75 bits per heavy atom. The Labute approximate surface area is 112 Å². The van der Waals surface area contributed by atoms with Gasteiger partial charge in [0, 0.05) is 0 Å². The molecule has 82 valence electrons. The van der Waals surface area contributed by atoms with Crippen molar-refractivity contribution in [1.82, 2.24) is 4.98 Å². The Balaban J connectivity index is 2.31. The monoisotopic (exact) mass is 346 g/mol. The first-order valence-electron chi connectivity index (χ1n) is 4.50. The van der Waals surface area contributed by atoms with Gasteiger partial charge in [0.25, 0.3) is 0 Å². The van der Waals surface area contributed by atoms with E-state index in [0.717, 1.165) is 9.32 Å². The lowest BCUT2D eigenvalue weighted by Crippen LogP contribution is -1.93. The van der Waals surface area contributed by atoms with Crippen LogP contribution in [0.1, 0.15) is 0 Å². The first-order valence-corrected chi connectivity index (χ1v) is 5.96. The van der Waals surface area contributed by atoms with E-state index in [1.807, 2.05) is 24.3 Å². The van der Waals surface area contributed by atoms with Crippen LogP contribution in [0.2, 0.25) is 5.02 Å². The van der Waals surface area contributed by atoms with Crippen molar-refractivity contribution in [3.8, 4) is 11.6 Å². The van der Waals surface area contributed by atoms with Crippen LogP contribution >= 0.6 is 34.2 Å². The topological polar surface area (TPSA) is 48.1 Å². The molecule has 1 heterocycles. The minimum absolute atomic E-state index is 0.361. The maximum atomic E-state index is 5.96. The third-order valence-corrected chi connectivity index (χ3v) is 3.03. The number of halogens is 2. The van der Waals surface area contributed by atoms with Gasteiger partial charge in [-0.15, -0.1) is 0 Å². The Bertz CT molecular complexity index is 519. The molecule has 0 fully saturated rings. The molecule has 1 aromatic heterocycles. The molecule has 0 unspecified atom stereocenters. The van der Waals surface area contributed by atoms with Crippen LogP contribution in [0.4, 0.5) is 5.69 Å². The van der Waals surface area contributed by atoms with Crippen LogP contribution < -0.4 is 10.5 Å². The van der Waals surface area contributed by atoms with Gasteiger partial charge in [0.05, 0.1) is 15.5 Å². The number of ether oxygens (including phenoxy) is 1. The standard InChI is InChI=1S/C11H8ClIN2O/c12-8-5-7(14)6-15-11(8)16-10-4-2-1-3-9(10)13/h1-6H,14H2. The molecule has 0 saturated carbocycles. The van der Waals surface area contributed by atoms with Crippen LogP contribution in [0, 0.1) is 3.57 Å². The third-order valence-electron chi connectivity index (χ3n) is 1.87. The summed E-state index contributed by atoms with van der Waals surface area (Å²) < 4.78 is 6.58. The average Bonchev–Trinajstić information content (AvgIpc) is 2.25. The lowest BCUT2D eigenvalue weighted by atomic mass is 10.3. The fourth-order valence-electron chi connectivity index (χ4n) is 1.15. The molecule has 0 aliphatic rings. The van der Waals surface area contributed by atoms with Crippen LogP contribution in [-0.4, -0.2) is 4.98 Å². The average molecular weight is 347 g/mol. The summed E-state index contributed by atoms with van der Waals surface area (Å²) in [6.45, 7) is 0. The third kappa shape index (κ3) is 2.56. The second-order valence-corrected chi connectivity index (χ2v) is 4.66. The van der Waals surface area contributed by atoms with Gasteiger partial charge in [0.15, 0.2) is 0 Å². The second-order valence-electron chi connectivity index (χ2n) is 3.09. The summed E-state index contributed by atoms with van der Waals surface area (Å²) >= 11 is 8.15. The van der Waals surface area contributed by atoms with Crippen molar-refractivity contribution in [1.29, 1.82) is 0 Å². The largest absolute Gasteiger partial charge is 0.436 e. The zero-order valence-electron chi connectivity index (χ0n) is 8.15. The normalized spacial score (nSPS) is 10.1. The quantitative estimate of drug-likeness (QED) is 0.843. The van der Waals surface area contributed by atoms with Crippen LogP contribution in [0.3, 0.4) is 0 Å². The summed E-state index contributed by atoms with van der Waals surface area (Å²) in [5, 5.41) is 0.402. The predicted octanol–water partition coefficient (Wildman–Crippen LogP) is 3.71. The summed E-state index contributed by atoms with van der Waals surface area (Å²) in [5.74, 6) is 1.09. The minimum atomic E-state index is 0.361. The number of rotatable bonds is 2. The highest BCUT2D eigenvalue weighted by Crippen LogP contribution is 2.30. The molecule has 0 spiro atoms. The van der Waals surface area contributed by atoms with E-state index in [1.165, 1.54) is 6.20 Å². The zero-order valence-corrected chi connectivity index (χ0v) is 11.1. The molecule has 0 amide bonds. The van der Waals surface area contributed by atoms with E-state index >= 15 is 0 Å². The Morgan fingerprint density at radius 2 is 2.06 bits per heavy atom. The number of nitrogen functional groups attached to an aromatic ring is 1. The maximum absolute atomic E-state index is 5.96. The van der Waals surface area contributed by atoms with Crippen molar-refractivity contribution in [2.75, 3.05) is 5.73 Å². The number of pyridine rings is 1. The SMILES string of the molecule is Nc1cnc(Oc2ccccc2I)c(Cl)c1. The van der Waals surface area contributed by atoms with E-state index in [1.54, 1.807) is 6.07 Å². The predicted molar refractivity (Wildman–Crippen MR) is 72.9 cm³/mol. The van der Waals surface area contributed by atoms with Crippen molar-refractivity contribution >= 4 is 39.9 Å². The molecule has 2 rings (SSSR count). The minimum Gasteiger partial charge on any atom is -0.436 e. The van der Waals surface area contributed by atoms with Crippen molar-refractivity contribution in [2.45, 2.75) is 0 Å². The summed E-state index contributed by atoms with van der Waals surface area (Å²) in [6.07, 6.45) is 1.51. The number of nitrogens with zero attached hydrogens (tertiary/aromatic N) is 1. The van der Waals surface area contributed by atoms with Crippen molar-refractivity contribution in [3.63, 3.8) is 0 Å². The number of benzene rings is 1. The van der Waals surface area contributed by atoms with Crippen molar-refractivity contribution < 1.29 is 4.74 Å². The molecule has 1 aromatic carbocycles.